The summed E-state index contributed by atoms with van der Waals surface area (Å²) in [5.41, 5.74) is 1.69. The Morgan fingerprint density at radius 1 is 0.971 bits per heavy atom. The van der Waals surface area contributed by atoms with Gasteiger partial charge in [0.25, 0.3) is 5.69 Å². The van der Waals surface area contributed by atoms with E-state index in [1.165, 1.54) is 18.2 Å². The zero-order valence-corrected chi connectivity index (χ0v) is 20.7. The van der Waals surface area contributed by atoms with Gasteiger partial charge in [0.1, 0.15) is 6.54 Å². The van der Waals surface area contributed by atoms with E-state index in [1.807, 2.05) is 61.7 Å². The van der Waals surface area contributed by atoms with E-state index in [4.69, 9.17) is 0 Å². The second kappa shape index (κ2) is 12.6. The van der Waals surface area contributed by atoms with Crippen LogP contribution in [-0.2, 0) is 22.7 Å². The molecule has 2 aromatic carbocycles. The summed E-state index contributed by atoms with van der Waals surface area (Å²) >= 11 is 1.60. The van der Waals surface area contributed by atoms with Crippen LogP contribution < -0.4 is 0 Å². The van der Waals surface area contributed by atoms with Crippen molar-refractivity contribution in [1.82, 2.24) is 9.80 Å². The van der Waals surface area contributed by atoms with Crippen molar-refractivity contribution in [3.05, 3.63) is 104 Å². The van der Waals surface area contributed by atoms with Crippen LogP contribution in [0.5, 0.6) is 0 Å². The number of carbonyl (C=O) groups excluding carboxylic acids is 2. The summed E-state index contributed by atoms with van der Waals surface area (Å²) in [6.07, 6.45) is 3.02. The lowest BCUT2D eigenvalue weighted by Gasteiger charge is -2.28. The Morgan fingerprint density at radius 3 is 2.29 bits per heavy atom. The molecule has 3 rings (SSSR count). The van der Waals surface area contributed by atoms with Crippen LogP contribution in [0, 0.1) is 16.0 Å². The van der Waals surface area contributed by atoms with Gasteiger partial charge in [0.15, 0.2) is 0 Å². The first-order valence-electron chi connectivity index (χ1n) is 11.4. The third-order valence-corrected chi connectivity index (χ3v) is 6.10. The van der Waals surface area contributed by atoms with Gasteiger partial charge < -0.3 is 9.80 Å². The van der Waals surface area contributed by atoms with Crippen molar-refractivity contribution in [2.24, 2.45) is 5.92 Å². The lowest BCUT2D eigenvalue weighted by Crippen LogP contribution is -2.43. The minimum absolute atomic E-state index is 0.00949. The number of nitro benzene ring substituents is 1. The summed E-state index contributed by atoms with van der Waals surface area (Å²) in [5, 5.41) is 12.8. The fraction of sp³-hybridized carbons (Fsp3) is 0.259. The summed E-state index contributed by atoms with van der Waals surface area (Å²) in [6, 6.07) is 19.7. The Labute approximate surface area is 209 Å². The van der Waals surface area contributed by atoms with Crippen LogP contribution in [0.1, 0.15) is 29.9 Å². The number of thiophene rings is 1. The first-order chi connectivity index (χ1) is 16.8. The van der Waals surface area contributed by atoms with Crippen LogP contribution in [0.25, 0.3) is 6.08 Å². The first-order valence-corrected chi connectivity index (χ1v) is 12.3. The minimum atomic E-state index is -0.466. The van der Waals surface area contributed by atoms with Gasteiger partial charge in [-0.2, -0.15) is 0 Å². The molecule has 2 amide bonds. The number of non-ortho nitro benzene ring substituents is 1. The molecule has 0 aliphatic heterocycles. The molecule has 0 N–H and O–H groups in total. The van der Waals surface area contributed by atoms with Crippen molar-refractivity contribution in [1.29, 1.82) is 0 Å². The topological polar surface area (TPSA) is 83.8 Å². The number of hydrogen-bond acceptors (Lipinski definition) is 5. The van der Waals surface area contributed by atoms with Gasteiger partial charge in [-0.25, -0.2) is 0 Å². The number of carbonyl (C=O) groups is 2. The molecule has 8 heteroatoms. The summed E-state index contributed by atoms with van der Waals surface area (Å²) < 4.78 is 0. The SMILES string of the molecule is CC(C)CN(CC(=O)N(Cc1ccccc1)Cc1cccs1)C(=O)/C=C/c1ccc([N+](=O)[O-])cc1. The molecule has 0 saturated carbocycles. The number of nitrogens with zero attached hydrogens (tertiary/aromatic N) is 3. The lowest BCUT2D eigenvalue weighted by atomic mass is 10.1. The highest BCUT2D eigenvalue weighted by molar-refractivity contribution is 7.09. The summed E-state index contributed by atoms with van der Waals surface area (Å²) in [5.74, 6) is -0.222. The maximum atomic E-state index is 13.4. The summed E-state index contributed by atoms with van der Waals surface area (Å²) in [7, 11) is 0. The highest BCUT2D eigenvalue weighted by Crippen LogP contribution is 2.16. The fourth-order valence-electron chi connectivity index (χ4n) is 3.54. The molecule has 1 heterocycles. The normalized spacial score (nSPS) is 11.1. The molecule has 0 atom stereocenters. The van der Waals surface area contributed by atoms with Crippen LogP contribution in [0.15, 0.2) is 78.2 Å². The van der Waals surface area contributed by atoms with E-state index < -0.39 is 4.92 Å². The molecule has 0 spiro atoms. The van der Waals surface area contributed by atoms with Crippen LogP contribution in [0.3, 0.4) is 0 Å². The maximum absolute atomic E-state index is 13.4. The van der Waals surface area contributed by atoms with Gasteiger partial charge in [-0.05, 0) is 46.7 Å². The van der Waals surface area contributed by atoms with Crippen molar-refractivity contribution >= 4 is 34.9 Å². The van der Waals surface area contributed by atoms with Crippen molar-refractivity contribution < 1.29 is 14.5 Å². The smallest absolute Gasteiger partial charge is 0.269 e. The van der Waals surface area contributed by atoms with Crippen molar-refractivity contribution in [3.63, 3.8) is 0 Å². The van der Waals surface area contributed by atoms with Gasteiger partial charge in [0, 0.05) is 36.2 Å². The van der Waals surface area contributed by atoms with Crippen LogP contribution in [0.4, 0.5) is 5.69 Å². The fourth-order valence-corrected chi connectivity index (χ4v) is 4.26. The standard InChI is InChI=1S/C27H29N3O4S/c1-21(2)17-28(26(31)15-12-22-10-13-24(14-11-22)30(33)34)20-27(32)29(19-25-9-6-16-35-25)18-23-7-4-3-5-8-23/h3-16,21H,17-20H2,1-2H3/b15-12+. The summed E-state index contributed by atoms with van der Waals surface area (Å²) in [6.45, 7) is 5.34. The van der Waals surface area contributed by atoms with E-state index >= 15 is 0 Å². The average molecular weight is 492 g/mol. The number of hydrogen-bond donors (Lipinski definition) is 0. The van der Waals surface area contributed by atoms with Crippen molar-refractivity contribution in [2.75, 3.05) is 13.1 Å². The maximum Gasteiger partial charge on any atom is 0.269 e. The molecule has 0 bridgehead atoms. The molecule has 3 aromatic rings. The van der Waals surface area contributed by atoms with Gasteiger partial charge in [-0.15, -0.1) is 11.3 Å². The molecule has 0 unspecified atom stereocenters. The van der Waals surface area contributed by atoms with E-state index in [0.29, 0.717) is 25.2 Å². The lowest BCUT2D eigenvalue weighted by molar-refractivity contribution is -0.384. The number of rotatable bonds is 11. The highest BCUT2D eigenvalue weighted by atomic mass is 32.1. The third kappa shape index (κ3) is 8.19. The average Bonchev–Trinajstić information content (AvgIpc) is 3.35. The molecule has 182 valence electrons. The van der Waals surface area contributed by atoms with Crippen LogP contribution in [-0.4, -0.2) is 39.6 Å². The number of nitro groups is 1. The van der Waals surface area contributed by atoms with E-state index in [9.17, 15) is 19.7 Å². The highest BCUT2D eigenvalue weighted by Gasteiger charge is 2.22. The van der Waals surface area contributed by atoms with E-state index in [1.54, 1.807) is 39.3 Å². The Balaban J connectivity index is 1.74. The molecule has 0 aliphatic rings. The predicted molar refractivity (Wildman–Crippen MR) is 139 cm³/mol. The molecule has 1 aromatic heterocycles. The second-order valence-electron chi connectivity index (χ2n) is 8.61. The van der Waals surface area contributed by atoms with E-state index in [-0.39, 0.29) is 30.0 Å². The largest absolute Gasteiger partial charge is 0.332 e. The Hall–Kier alpha value is -3.78. The van der Waals surface area contributed by atoms with E-state index in [0.717, 1.165) is 10.4 Å². The minimum Gasteiger partial charge on any atom is -0.332 e. The van der Waals surface area contributed by atoms with Gasteiger partial charge in [-0.3, -0.25) is 19.7 Å². The molecular weight excluding hydrogens is 462 g/mol. The van der Waals surface area contributed by atoms with Gasteiger partial charge >= 0.3 is 0 Å². The first kappa shape index (κ1) is 25.8. The van der Waals surface area contributed by atoms with Gasteiger partial charge in [0.2, 0.25) is 11.8 Å². The Morgan fingerprint density at radius 2 is 1.69 bits per heavy atom. The quantitative estimate of drug-likeness (QED) is 0.205. The monoisotopic (exact) mass is 491 g/mol. The molecule has 0 radical (unpaired) electrons. The predicted octanol–water partition coefficient (Wildman–Crippen LogP) is 5.38. The Bertz CT molecular complexity index is 1140. The number of benzene rings is 2. The Kier molecular flexibility index (Phi) is 9.31. The van der Waals surface area contributed by atoms with Crippen LogP contribution >= 0.6 is 11.3 Å². The molecule has 0 fully saturated rings. The molecule has 0 saturated heterocycles. The zero-order valence-electron chi connectivity index (χ0n) is 19.9. The van der Waals surface area contributed by atoms with E-state index in [2.05, 4.69) is 0 Å². The molecule has 7 nitrogen and oxygen atoms in total. The van der Waals surface area contributed by atoms with Gasteiger partial charge in [0.05, 0.1) is 11.5 Å². The third-order valence-electron chi connectivity index (χ3n) is 5.24. The second-order valence-corrected chi connectivity index (χ2v) is 9.64. The molecule has 0 aliphatic carbocycles. The number of amides is 2. The van der Waals surface area contributed by atoms with Crippen LogP contribution in [0.2, 0.25) is 0 Å². The molecule has 35 heavy (non-hydrogen) atoms. The molecular formula is C27H29N3O4S. The van der Waals surface area contributed by atoms with Crippen molar-refractivity contribution in [2.45, 2.75) is 26.9 Å². The van der Waals surface area contributed by atoms with Gasteiger partial charge in [-0.1, -0.05) is 50.2 Å². The van der Waals surface area contributed by atoms with Crippen molar-refractivity contribution in [3.8, 4) is 0 Å². The summed E-state index contributed by atoms with van der Waals surface area (Å²) in [4.78, 5) is 41.2. The zero-order chi connectivity index (χ0) is 25.2.